The normalized spacial score (nSPS) is 13.2. The summed E-state index contributed by atoms with van der Waals surface area (Å²) in [5.74, 6) is -0.619. The molecule has 0 spiro atoms. The van der Waals surface area contributed by atoms with E-state index in [1.807, 2.05) is 0 Å². The third kappa shape index (κ3) is 52.8. The second kappa shape index (κ2) is 54.6. The average molecular weight is 899 g/mol. The van der Waals surface area contributed by atoms with Crippen LogP contribution in [-0.2, 0) is 19.1 Å². The smallest absolute Gasteiger partial charge is 0.306 e. The average Bonchev–Trinajstić information content (AvgIpc) is 3.31. The first kappa shape index (κ1) is 61.3. The van der Waals surface area contributed by atoms with E-state index in [4.69, 9.17) is 9.47 Å². The van der Waals surface area contributed by atoms with Gasteiger partial charge in [0.25, 0.3) is 0 Å². The van der Waals surface area contributed by atoms with Gasteiger partial charge in [-0.15, -0.1) is 0 Å². The number of allylic oxidation sites excluding steroid dienone is 20. The van der Waals surface area contributed by atoms with Crippen molar-refractivity contribution in [2.45, 2.75) is 232 Å². The number of unbranched alkanes of at least 4 members (excludes halogenated alkanes) is 19. The lowest BCUT2D eigenvalue weighted by molar-refractivity contribution is -0.161. The van der Waals surface area contributed by atoms with E-state index in [2.05, 4.69) is 135 Å². The molecule has 0 aliphatic rings. The monoisotopic (exact) mass is 899 g/mol. The first-order valence-electron chi connectivity index (χ1n) is 26.6. The molecule has 1 N–H and O–H groups in total. The fourth-order valence-electron chi connectivity index (χ4n) is 7.01. The summed E-state index contributed by atoms with van der Waals surface area (Å²) in [7, 11) is 0. The number of aliphatic hydroxyl groups is 1. The predicted octanol–water partition coefficient (Wildman–Crippen LogP) is 17.9. The Kier molecular flexibility index (Phi) is 51.5. The van der Waals surface area contributed by atoms with E-state index in [1.54, 1.807) is 0 Å². The van der Waals surface area contributed by atoms with Crippen LogP contribution in [0.1, 0.15) is 226 Å². The zero-order valence-corrected chi connectivity index (χ0v) is 42.0. The van der Waals surface area contributed by atoms with Crippen LogP contribution in [0.4, 0.5) is 0 Å². The summed E-state index contributed by atoms with van der Waals surface area (Å²) in [6, 6.07) is 0. The molecule has 0 fully saturated rings. The van der Waals surface area contributed by atoms with Gasteiger partial charge in [0.05, 0.1) is 6.61 Å². The van der Waals surface area contributed by atoms with Gasteiger partial charge in [-0.25, -0.2) is 0 Å². The second-order valence-electron chi connectivity index (χ2n) is 17.2. The van der Waals surface area contributed by atoms with E-state index in [-0.39, 0.29) is 25.2 Å². The zero-order valence-electron chi connectivity index (χ0n) is 42.0. The Morgan fingerprint density at radius 3 is 1.02 bits per heavy atom. The molecule has 5 nitrogen and oxygen atoms in total. The number of carbonyl (C=O) groups excluding carboxylic acids is 2. The Labute approximate surface area is 401 Å². The van der Waals surface area contributed by atoms with Crippen molar-refractivity contribution in [3.63, 3.8) is 0 Å². The van der Waals surface area contributed by atoms with E-state index in [0.717, 1.165) is 109 Å². The largest absolute Gasteiger partial charge is 0.462 e. The van der Waals surface area contributed by atoms with Gasteiger partial charge in [0.1, 0.15) is 6.61 Å². The first-order chi connectivity index (χ1) is 32.1. The van der Waals surface area contributed by atoms with E-state index < -0.39 is 6.10 Å². The van der Waals surface area contributed by atoms with Crippen LogP contribution in [0.25, 0.3) is 0 Å². The highest BCUT2D eigenvalue weighted by Gasteiger charge is 2.16. The molecule has 0 aromatic carbocycles. The molecule has 1 unspecified atom stereocenters. The van der Waals surface area contributed by atoms with E-state index in [9.17, 15) is 14.7 Å². The molecule has 0 aromatic heterocycles. The van der Waals surface area contributed by atoms with E-state index in [1.165, 1.54) is 89.9 Å². The maximum atomic E-state index is 12.3. The molecule has 0 bridgehead atoms. The number of hydrogen-bond donors (Lipinski definition) is 1. The van der Waals surface area contributed by atoms with Crippen molar-refractivity contribution in [2.75, 3.05) is 13.2 Å². The number of rotatable bonds is 47. The highest BCUT2D eigenvalue weighted by molar-refractivity contribution is 5.70. The molecule has 5 heteroatoms. The third-order valence-corrected chi connectivity index (χ3v) is 11.0. The lowest BCUT2D eigenvalue weighted by atomic mass is 10.1. The molecule has 0 aliphatic heterocycles. The molecule has 0 saturated heterocycles. The molecule has 0 aromatic rings. The summed E-state index contributed by atoms with van der Waals surface area (Å²) in [4.78, 5) is 24.4. The van der Waals surface area contributed by atoms with Gasteiger partial charge in [0, 0.05) is 12.8 Å². The summed E-state index contributed by atoms with van der Waals surface area (Å²) in [5.41, 5.74) is 0. The molecule has 0 rings (SSSR count). The van der Waals surface area contributed by atoms with E-state index >= 15 is 0 Å². The van der Waals surface area contributed by atoms with Gasteiger partial charge in [-0.2, -0.15) is 0 Å². The predicted molar refractivity (Wildman–Crippen MR) is 283 cm³/mol. The number of aliphatic hydroxyl groups excluding tert-OH is 1. The maximum absolute atomic E-state index is 12.3. The van der Waals surface area contributed by atoms with Gasteiger partial charge in [0.15, 0.2) is 6.10 Å². The van der Waals surface area contributed by atoms with Crippen LogP contribution in [0.3, 0.4) is 0 Å². The van der Waals surface area contributed by atoms with Crippen molar-refractivity contribution in [2.24, 2.45) is 0 Å². The lowest BCUT2D eigenvalue weighted by Gasteiger charge is -2.15. The van der Waals surface area contributed by atoms with Crippen LogP contribution >= 0.6 is 0 Å². The standard InChI is InChI=1S/C60H98O5/c1-3-5-7-9-11-13-15-17-19-21-22-23-24-25-26-27-28-29-30-31-32-33-34-35-36-37-38-39-41-43-45-47-49-51-53-55-60(63)65-58(56-61)57-64-59(62)54-52-50-48-46-44-42-40-20-18-16-14-12-10-8-6-4-2/h5,7,11,13,17,19-20,22-23,25-26,28-29,31-32,34-35,37-38,40,58,61H,3-4,6,8-10,12,14-16,18,21,24,27,30,33,36,39,41-57H2,1-2H3/b7-5-,13-11-,19-17-,23-22-,26-25-,29-28-,32-31-,35-34-,38-37-,40-20-. The van der Waals surface area contributed by atoms with Crippen molar-refractivity contribution in [1.29, 1.82) is 0 Å². The van der Waals surface area contributed by atoms with Crippen LogP contribution in [-0.4, -0.2) is 36.4 Å². The molecule has 0 radical (unpaired) electrons. The number of esters is 2. The number of ether oxygens (including phenoxy) is 2. The van der Waals surface area contributed by atoms with Crippen LogP contribution in [0.2, 0.25) is 0 Å². The highest BCUT2D eigenvalue weighted by Crippen LogP contribution is 2.13. The van der Waals surface area contributed by atoms with Crippen molar-refractivity contribution in [1.82, 2.24) is 0 Å². The Hall–Kier alpha value is -3.70. The lowest BCUT2D eigenvalue weighted by Crippen LogP contribution is -2.28. The molecule has 0 amide bonds. The van der Waals surface area contributed by atoms with Gasteiger partial charge < -0.3 is 14.6 Å². The number of carbonyl (C=O) groups is 2. The molecule has 0 heterocycles. The maximum Gasteiger partial charge on any atom is 0.306 e. The van der Waals surface area contributed by atoms with Gasteiger partial charge in [0.2, 0.25) is 0 Å². The van der Waals surface area contributed by atoms with Crippen molar-refractivity contribution in [3.8, 4) is 0 Å². The molecule has 65 heavy (non-hydrogen) atoms. The molecule has 0 aliphatic carbocycles. The molecule has 1 atom stereocenters. The Balaban J connectivity index is 3.62. The minimum atomic E-state index is -0.789. The van der Waals surface area contributed by atoms with E-state index in [0.29, 0.717) is 12.8 Å². The molecular formula is C60H98O5. The first-order valence-corrected chi connectivity index (χ1v) is 26.6. The summed E-state index contributed by atoms with van der Waals surface area (Å²) < 4.78 is 10.7. The summed E-state index contributed by atoms with van der Waals surface area (Å²) in [5, 5.41) is 9.62. The van der Waals surface area contributed by atoms with Crippen LogP contribution < -0.4 is 0 Å². The van der Waals surface area contributed by atoms with Crippen molar-refractivity contribution in [3.05, 3.63) is 122 Å². The Morgan fingerprint density at radius 1 is 0.369 bits per heavy atom. The van der Waals surface area contributed by atoms with Gasteiger partial charge in [-0.05, 0) is 109 Å². The Morgan fingerprint density at radius 2 is 0.662 bits per heavy atom. The second-order valence-corrected chi connectivity index (χ2v) is 17.2. The van der Waals surface area contributed by atoms with Gasteiger partial charge in [-0.1, -0.05) is 225 Å². The fraction of sp³-hybridized carbons (Fsp3) is 0.633. The molecule has 0 saturated carbocycles. The fourth-order valence-corrected chi connectivity index (χ4v) is 7.01. The molecular weight excluding hydrogens is 801 g/mol. The minimum absolute atomic E-state index is 0.0808. The quantitative estimate of drug-likeness (QED) is 0.0374. The van der Waals surface area contributed by atoms with Crippen molar-refractivity contribution >= 4 is 11.9 Å². The Bertz CT molecular complexity index is 1340. The van der Waals surface area contributed by atoms with Crippen LogP contribution in [0.5, 0.6) is 0 Å². The van der Waals surface area contributed by atoms with Gasteiger partial charge in [-0.3, -0.25) is 9.59 Å². The SMILES string of the molecule is CC/C=C\C/C=C\C/C=C\C/C=C\C/C=C\C/C=C\C/C=C\C/C=C\C/C=C\CCCCCCCCCC(=O)OC(CO)COC(=O)CCCCCCC/C=C\CCCCCCCCC. The third-order valence-electron chi connectivity index (χ3n) is 11.0. The van der Waals surface area contributed by atoms with Crippen LogP contribution in [0, 0.1) is 0 Å². The van der Waals surface area contributed by atoms with Crippen LogP contribution in [0.15, 0.2) is 122 Å². The minimum Gasteiger partial charge on any atom is -0.462 e. The topological polar surface area (TPSA) is 72.8 Å². The summed E-state index contributed by atoms with van der Waals surface area (Å²) in [6.45, 7) is 4.00. The molecule has 368 valence electrons. The summed E-state index contributed by atoms with van der Waals surface area (Å²) >= 11 is 0. The summed E-state index contributed by atoms with van der Waals surface area (Å²) in [6.07, 6.45) is 80.1. The number of hydrogen-bond acceptors (Lipinski definition) is 5. The zero-order chi connectivity index (χ0) is 47.0. The highest BCUT2D eigenvalue weighted by atomic mass is 16.6. The van der Waals surface area contributed by atoms with Crippen molar-refractivity contribution < 1.29 is 24.2 Å². The van der Waals surface area contributed by atoms with Gasteiger partial charge >= 0.3 is 11.9 Å².